The molecule has 0 unspecified atom stereocenters. The molecule has 2 aromatic rings. The van der Waals surface area contributed by atoms with Gasteiger partial charge in [-0.3, -0.25) is 0 Å². The van der Waals surface area contributed by atoms with E-state index >= 15 is 0 Å². The van der Waals surface area contributed by atoms with Gasteiger partial charge in [-0.1, -0.05) is 0 Å². The van der Waals surface area contributed by atoms with Gasteiger partial charge in [-0.15, -0.1) is 0 Å². The number of nitrogens with zero attached hydrogens (tertiary/aromatic N) is 1. The average Bonchev–Trinajstić information content (AvgIpc) is 2.51. The van der Waals surface area contributed by atoms with Gasteiger partial charge in [0.2, 0.25) is 0 Å². The number of rotatable bonds is 4. The third-order valence-electron chi connectivity index (χ3n) is 3.11. The molecule has 2 radical (unpaired) electrons. The Morgan fingerprint density at radius 2 is 1.74 bits per heavy atom. The Hall–Kier alpha value is -1.95. The van der Waals surface area contributed by atoms with Crippen LogP contribution >= 0.6 is 0 Å². The molecule has 0 aliphatic rings. The summed E-state index contributed by atoms with van der Waals surface area (Å²) in [7, 11) is 3.42. The molecule has 23 heavy (non-hydrogen) atoms. The van der Waals surface area contributed by atoms with Crippen molar-refractivity contribution in [3.8, 4) is 11.5 Å². The second kappa shape index (κ2) is 7.55. The topological polar surface area (TPSA) is 58.6 Å². The van der Waals surface area contributed by atoms with Crippen LogP contribution in [-0.2, 0) is 4.79 Å². The third kappa shape index (κ3) is 4.28. The van der Waals surface area contributed by atoms with Gasteiger partial charge in [0, 0.05) is 0 Å². The van der Waals surface area contributed by atoms with E-state index in [4.69, 9.17) is 4.74 Å². The van der Waals surface area contributed by atoms with Crippen LogP contribution in [0.5, 0.6) is 11.5 Å². The fraction of sp³-hybridized carbons (Fsp3) is 0.176. The van der Waals surface area contributed by atoms with Gasteiger partial charge >= 0.3 is 150 Å². The van der Waals surface area contributed by atoms with Crippen LogP contribution in [0.25, 0.3) is 0 Å². The Bertz CT molecular complexity index is 730. The second-order valence-corrected chi connectivity index (χ2v) is 6.85. The summed E-state index contributed by atoms with van der Waals surface area (Å²) in [6.45, 7) is 1.44. The Morgan fingerprint density at radius 1 is 1.09 bits per heavy atom. The van der Waals surface area contributed by atoms with Crippen molar-refractivity contribution in [3.63, 3.8) is 0 Å². The van der Waals surface area contributed by atoms with Crippen LogP contribution in [0.15, 0.2) is 42.5 Å². The number of carbonyl (C=O) groups is 2. The summed E-state index contributed by atoms with van der Waals surface area (Å²) in [4.78, 5) is 25.3. The van der Waals surface area contributed by atoms with E-state index in [-0.39, 0.29) is 11.8 Å². The summed E-state index contributed by atoms with van der Waals surface area (Å²) in [5.41, 5.74) is 1.16. The van der Waals surface area contributed by atoms with E-state index in [0.29, 0.717) is 47.1 Å². The van der Waals surface area contributed by atoms with Crippen molar-refractivity contribution in [1.82, 2.24) is 4.90 Å². The van der Waals surface area contributed by atoms with Crippen LogP contribution in [0.4, 0.5) is 5.69 Å². The van der Waals surface area contributed by atoms with Crippen molar-refractivity contribution in [1.29, 1.82) is 0 Å². The molecule has 0 saturated heterocycles. The van der Waals surface area contributed by atoms with Gasteiger partial charge in [-0.05, 0) is 0 Å². The van der Waals surface area contributed by atoms with Gasteiger partial charge < -0.3 is 0 Å². The number of hydrogen-bond donors (Lipinski definition) is 1. The first-order chi connectivity index (χ1) is 10.9. The minimum atomic E-state index is -0.186. The number of carbonyl (C=O) groups excluding carboxylic acids is 2. The van der Waals surface area contributed by atoms with Crippen LogP contribution in [0, 0.1) is 0 Å². The average molecular weight is 412 g/mol. The molecule has 1 N–H and O–H groups in total. The van der Waals surface area contributed by atoms with E-state index in [1.807, 2.05) is 30.3 Å². The molecule has 116 valence electrons. The molecule has 2 aromatic carbocycles. The molecule has 0 atom stereocenters. The van der Waals surface area contributed by atoms with E-state index in [1.54, 1.807) is 26.2 Å². The number of benzene rings is 2. The number of ether oxygens (including phenoxy) is 1. The molecular weight excluding hydrogens is 395 g/mol. The van der Waals surface area contributed by atoms with Crippen LogP contribution < -0.4 is 13.4 Å². The summed E-state index contributed by atoms with van der Waals surface area (Å²) >= 11 is 0.684. The summed E-state index contributed by atoms with van der Waals surface area (Å²) < 4.78 is 6.77. The van der Waals surface area contributed by atoms with Crippen LogP contribution in [0.1, 0.15) is 17.3 Å². The molecule has 6 heteroatoms. The molecule has 0 aromatic heterocycles. The second-order valence-electron chi connectivity index (χ2n) is 5.20. The molecule has 0 spiro atoms. The van der Waals surface area contributed by atoms with Crippen LogP contribution in [0.2, 0.25) is 0 Å². The molecule has 0 bridgehead atoms. The summed E-state index contributed by atoms with van der Waals surface area (Å²) in [5.74, 6) is 0.917. The minimum absolute atomic E-state index is 0.0834. The number of hydrogen-bond acceptors (Lipinski definition) is 3. The van der Waals surface area contributed by atoms with Crippen molar-refractivity contribution in [2.24, 2.45) is 0 Å². The quantitative estimate of drug-likeness (QED) is 0.836. The summed E-state index contributed by atoms with van der Waals surface area (Å²) in [6.07, 6.45) is 0. The van der Waals surface area contributed by atoms with E-state index in [9.17, 15) is 9.59 Å². The molecule has 0 fully saturated rings. The molecule has 2 rings (SSSR count). The fourth-order valence-electron chi connectivity index (χ4n) is 2.03. The molecule has 0 heterocycles. The Balaban J connectivity index is 2.51. The van der Waals surface area contributed by atoms with Gasteiger partial charge in [-0.25, -0.2) is 0 Å². The number of para-hydroxylation sites is 1. The van der Waals surface area contributed by atoms with Crippen molar-refractivity contribution in [3.05, 3.63) is 48.0 Å². The number of nitrogens with one attached hydrogen (secondary N) is 1. The van der Waals surface area contributed by atoms with Crippen LogP contribution in [0.3, 0.4) is 0 Å². The van der Waals surface area contributed by atoms with Crippen molar-refractivity contribution >= 4 is 45.2 Å². The van der Waals surface area contributed by atoms with E-state index in [2.05, 4.69) is 5.32 Å². The zero-order valence-electron chi connectivity index (χ0n) is 13.3. The molecule has 0 aliphatic carbocycles. The summed E-state index contributed by atoms with van der Waals surface area (Å²) in [6, 6.07) is 12.7. The number of amides is 2. The Labute approximate surface area is 150 Å². The maximum atomic E-state index is 12.3. The SMILES string of the molecule is CC(=O)Nc1ccc(C(=O)N(C)C)[c]([In])c1Oc1ccccc1. The number of anilines is 1. The van der Waals surface area contributed by atoms with E-state index in [1.165, 1.54) is 11.8 Å². The fourth-order valence-corrected chi connectivity index (χ4v) is 3.27. The predicted molar refractivity (Wildman–Crippen MR) is 90.7 cm³/mol. The predicted octanol–water partition coefficient (Wildman–Crippen LogP) is 1.93. The molecule has 5 nitrogen and oxygen atoms in total. The normalized spacial score (nSPS) is 10.0. The van der Waals surface area contributed by atoms with Crippen LogP contribution in [-0.4, -0.2) is 55.2 Å². The molecule has 2 amide bonds. The van der Waals surface area contributed by atoms with Gasteiger partial charge in [0.15, 0.2) is 0 Å². The van der Waals surface area contributed by atoms with Crippen molar-refractivity contribution in [2.45, 2.75) is 6.92 Å². The van der Waals surface area contributed by atoms with E-state index in [0.717, 1.165) is 3.32 Å². The Morgan fingerprint density at radius 3 is 2.30 bits per heavy atom. The van der Waals surface area contributed by atoms with Gasteiger partial charge in [0.05, 0.1) is 0 Å². The maximum absolute atomic E-state index is 12.3. The Kier molecular flexibility index (Phi) is 5.71. The summed E-state index contributed by atoms with van der Waals surface area (Å²) in [5, 5.41) is 2.76. The third-order valence-corrected chi connectivity index (χ3v) is 4.74. The zero-order chi connectivity index (χ0) is 17.0. The zero-order valence-corrected chi connectivity index (χ0v) is 16.6. The van der Waals surface area contributed by atoms with Crippen molar-refractivity contribution in [2.75, 3.05) is 19.4 Å². The molecular formula is C17H17InN2O3. The van der Waals surface area contributed by atoms with E-state index < -0.39 is 0 Å². The first-order valence-corrected chi connectivity index (χ1v) is 8.69. The first-order valence-electron chi connectivity index (χ1n) is 7.04. The molecule has 0 aliphatic heterocycles. The van der Waals surface area contributed by atoms with Gasteiger partial charge in [0.25, 0.3) is 0 Å². The standard InChI is InChI=1S/C17H17N2O3.In/c1-12(20)18-15-10-9-13(17(21)19(2)3)11-16(15)22-14-7-5-4-6-8-14;/h4-10H,1-3H3,(H,18,20);. The molecule has 0 saturated carbocycles. The van der Waals surface area contributed by atoms with Crippen molar-refractivity contribution < 1.29 is 14.3 Å². The monoisotopic (exact) mass is 412 g/mol. The van der Waals surface area contributed by atoms with Gasteiger partial charge in [0.1, 0.15) is 0 Å². The first kappa shape index (κ1) is 17.4. The van der Waals surface area contributed by atoms with Gasteiger partial charge in [-0.2, -0.15) is 0 Å².